The first-order valence-electron chi connectivity index (χ1n) is 8.63. The zero-order valence-electron chi connectivity index (χ0n) is 15.7. The van der Waals surface area contributed by atoms with Gasteiger partial charge in [-0.3, -0.25) is 4.79 Å². The zero-order valence-corrected chi connectivity index (χ0v) is 16.5. The van der Waals surface area contributed by atoms with Crippen molar-refractivity contribution in [3.05, 3.63) is 69.9 Å². The van der Waals surface area contributed by atoms with Crippen molar-refractivity contribution in [3.8, 4) is 11.3 Å². The lowest BCUT2D eigenvalue weighted by molar-refractivity contribution is -0.119. The summed E-state index contributed by atoms with van der Waals surface area (Å²) in [7, 11) is 0. The predicted octanol–water partition coefficient (Wildman–Crippen LogP) is 4.72. The average molecular weight is 399 g/mol. The van der Waals surface area contributed by atoms with Crippen LogP contribution in [0.25, 0.3) is 11.3 Å². The van der Waals surface area contributed by atoms with E-state index >= 15 is 0 Å². The minimum absolute atomic E-state index is 0.146. The Kier molecular flexibility index (Phi) is 5.80. The molecule has 1 aromatic heterocycles. The summed E-state index contributed by atoms with van der Waals surface area (Å²) in [6, 6.07) is 12.6. The molecule has 6 nitrogen and oxygen atoms in total. The smallest absolute Gasteiger partial charge is 0.344 e. The van der Waals surface area contributed by atoms with Crippen LogP contribution in [0.1, 0.15) is 27.2 Å². The maximum atomic E-state index is 12.6. The third kappa shape index (κ3) is 4.07. The number of hydrogen-bond acceptors (Lipinski definition) is 5. The number of carbonyl (C=O) groups is 2. The summed E-state index contributed by atoms with van der Waals surface area (Å²) < 4.78 is 10.3. The summed E-state index contributed by atoms with van der Waals surface area (Å²) in [5.74, 6) is -0.852. The number of hydrogen-bond donors (Lipinski definition) is 1. The van der Waals surface area contributed by atoms with E-state index in [1.165, 1.54) is 0 Å². The Balaban J connectivity index is 1.72. The number of ether oxygens (including phenoxy) is 1. The lowest BCUT2D eigenvalue weighted by Gasteiger charge is -2.10. The first-order chi connectivity index (χ1) is 13.4. The highest BCUT2D eigenvalue weighted by molar-refractivity contribution is 6.33. The van der Waals surface area contributed by atoms with Crippen LogP contribution in [0.5, 0.6) is 0 Å². The fraction of sp³-hybridized carbons (Fsp3) is 0.190. The molecule has 0 bridgehead atoms. The van der Waals surface area contributed by atoms with E-state index in [-0.39, 0.29) is 17.0 Å². The van der Waals surface area contributed by atoms with Crippen molar-refractivity contribution in [2.24, 2.45) is 0 Å². The van der Waals surface area contributed by atoms with Gasteiger partial charge in [0, 0.05) is 11.3 Å². The fourth-order valence-electron chi connectivity index (χ4n) is 2.73. The van der Waals surface area contributed by atoms with Gasteiger partial charge in [0.1, 0.15) is 17.0 Å². The molecule has 7 heteroatoms. The van der Waals surface area contributed by atoms with Crippen molar-refractivity contribution in [1.82, 2.24) is 5.16 Å². The Labute approximate surface area is 167 Å². The van der Waals surface area contributed by atoms with Crippen molar-refractivity contribution in [2.75, 3.05) is 11.9 Å². The van der Waals surface area contributed by atoms with Gasteiger partial charge in [-0.2, -0.15) is 0 Å². The van der Waals surface area contributed by atoms with Crippen LogP contribution in [0.4, 0.5) is 5.69 Å². The molecule has 2 aromatic carbocycles. The lowest BCUT2D eigenvalue weighted by Crippen LogP contribution is -2.21. The number of nitrogens with one attached hydrogen (secondary N) is 1. The summed E-state index contributed by atoms with van der Waals surface area (Å²) in [6.45, 7) is 5.03. The largest absolute Gasteiger partial charge is 0.452 e. The second-order valence-electron chi connectivity index (χ2n) is 6.31. The van der Waals surface area contributed by atoms with E-state index in [0.29, 0.717) is 16.3 Å². The molecule has 0 aliphatic rings. The third-order valence-electron chi connectivity index (χ3n) is 4.41. The van der Waals surface area contributed by atoms with E-state index in [9.17, 15) is 9.59 Å². The molecule has 0 fully saturated rings. The molecule has 0 aliphatic carbocycles. The topological polar surface area (TPSA) is 81.4 Å². The van der Waals surface area contributed by atoms with Crippen molar-refractivity contribution in [2.45, 2.75) is 20.8 Å². The lowest BCUT2D eigenvalue weighted by atomic mass is 10.1. The number of carbonyl (C=O) groups excluding carboxylic acids is 2. The minimum Gasteiger partial charge on any atom is -0.452 e. The molecule has 1 N–H and O–H groups in total. The summed E-state index contributed by atoms with van der Waals surface area (Å²) in [6.07, 6.45) is 0. The Morgan fingerprint density at radius 3 is 2.61 bits per heavy atom. The molecule has 0 radical (unpaired) electrons. The van der Waals surface area contributed by atoms with Crippen LogP contribution in [0, 0.1) is 20.8 Å². The molecule has 0 saturated carbocycles. The van der Waals surface area contributed by atoms with Gasteiger partial charge in [-0.25, -0.2) is 4.79 Å². The molecule has 0 saturated heterocycles. The molecule has 0 spiro atoms. The number of esters is 1. The summed E-state index contributed by atoms with van der Waals surface area (Å²) in [5.41, 5.74) is 3.67. The number of halogens is 1. The molecule has 28 heavy (non-hydrogen) atoms. The van der Waals surface area contributed by atoms with Gasteiger partial charge < -0.3 is 14.6 Å². The van der Waals surface area contributed by atoms with Crippen LogP contribution in [-0.4, -0.2) is 23.6 Å². The van der Waals surface area contributed by atoms with E-state index in [0.717, 1.165) is 11.1 Å². The Hall–Kier alpha value is -3.12. The average Bonchev–Trinajstić information content (AvgIpc) is 3.05. The van der Waals surface area contributed by atoms with Gasteiger partial charge in [-0.15, -0.1) is 0 Å². The summed E-state index contributed by atoms with van der Waals surface area (Å²) in [5, 5.41) is 7.10. The highest BCUT2D eigenvalue weighted by Gasteiger charge is 2.25. The minimum atomic E-state index is -0.704. The van der Waals surface area contributed by atoms with Crippen LogP contribution in [0.2, 0.25) is 5.02 Å². The summed E-state index contributed by atoms with van der Waals surface area (Å²) in [4.78, 5) is 24.8. The normalized spacial score (nSPS) is 10.6. The zero-order chi connectivity index (χ0) is 20.3. The van der Waals surface area contributed by atoms with Crippen molar-refractivity contribution in [3.63, 3.8) is 0 Å². The monoisotopic (exact) mass is 398 g/mol. The van der Waals surface area contributed by atoms with Crippen LogP contribution in [0.15, 0.2) is 47.0 Å². The van der Waals surface area contributed by atoms with Crippen LogP contribution < -0.4 is 5.32 Å². The van der Waals surface area contributed by atoms with Gasteiger partial charge in [0.15, 0.2) is 6.61 Å². The van der Waals surface area contributed by atoms with Gasteiger partial charge in [-0.1, -0.05) is 47.1 Å². The van der Waals surface area contributed by atoms with Crippen LogP contribution >= 0.6 is 11.6 Å². The quantitative estimate of drug-likeness (QED) is 0.629. The van der Waals surface area contributed by atoms with Gasteiger partial charge in [0.2, 0.25) is 0 Å². The number of aromatic nitrogens is 1. The van der Waals surface area contributed by atoms with Gasteiger partial charge in [0.05, 0.1) is 5.02 Å². The fourth-order valence-corrected chi connectivity index (χ4v) is 2.95. The van der Waals surface area contributed by atoms with Crippen molar-refractivity contribution in [1.29, 1.82) is 0 Å². The standard InChI is InChI=1S/C21H19ClN2O4/c1-12-7-6-10-17(13(12)2)23-18(25)11-27-21(26)19-14(3)28-24-20(19)15-8-4-5-9-16(15)22/h4-10H,11H2,1-3H3,(H,23,25). The second kappa shape index (κ2) is 8.27. The molecular formula is C21H19ClN2O4. The third-order valence-corrected chi connectivity index (χ3v) is 4.74. The number of aryl methyl sites for hydroxylation is 2. The van der Waals surface area contributed by atoms with Crippen molar-refractivity contribution < 1.29 is 18.8 Å². The maximum absolute atomic E-state index is 12.6. The van der Waals surface area contributed by atoms with Crippen LogP contribution in [-0.2, 0) is 9.53 Å². The van der Waals surface area contributed by atoms with E-state index < -0.39 is 18.5 Å². The number of benzene rings is 2. The number of rotatable bonds is 5. The first kappa shape index (κ1) is 19.6. The molecule has 3 aromatic rings. The number of amides is 1. The Morgan fingerprint density at radius 1 is 1.11 bits per heavy atom. The number of anilines is 1. The Morgan fingerprint density at radius 2 is 1.86 bits per heavy atom. The molecular weight excluding hydrogens is 380 g/mol. The second-order valence-corrected chi connectivity index (χ2v) is 6.72. The highest BCUT2D eigenvalue weighted by atomic mass is 35.5. The molecule has 0 aliphatic heterocycles. The molecule has 3 rings (SSSR count). The first-order valence-corrected chi connectivity index (χ1v) is 9.00. The SMILES string of the molecule is Cc1cccc(NC(=O)COC(=O)c2c(-c3ccccc3Cl)noc2C)c1C. The van der Waals surface area contributed by atoms with E-state index in [1.807, 2.05) is 26.0 Å². The van der Waals surface area contributed by atoms with Crippen molar-refractivity contribution >= 4 is 29.2 Å². The molecule has 144 valence electrons. The Bertz CT molecular complexity index is 1040. The van der Waals surface area contributed by atoms with E-state index in [1.54, 1.807) is 37.3 Å². The van der Waals surface area contributed by atoms with E-state index in [2.05, 4.69) is 10.5 Å². The van der Waals surface area contributed by atoms with Crippen LogP contribution in [0.3, 0.4) is 0 Å². The molecule has 1 heterocycles. The molecule has 1 amide bonds. The summed E-state index contributed by atoms with van der Waals surface area (Å²) >= 11 is 6.19. The molecule has 0 unspecified atom stereocenters. The predicted molar refractivity (Wildman–Crippen MR) is 107 cm³/mol. The van der Waals surface area contributed by atoms with Gasteiger partial charge >= 0.3 is 5.97 Å². The van der Waals surface area contributed by atoms with Gasteiger partial charge in [0.25, 0.3) is 5.91 Å². The molecule has 0 atom stereocenters. The van der Waals surface area contributed by atoms with Gasteiger partial charge in [-0.05, 0) is 44.0 Å². The maximum Gasteiger partial charge on any atom is 0.344 e. The highest BCUT2D eigenvalue weighted by Crippen LogP contribution is 2.31. The van der Waals surface area contributed by atoms with E-state index in [4.69, 9.17) is 20.9 Å². The number of nitrogens with zero attached hydrogens (tertiary/aromatic N) is 1.